The highest BCUT2D eigenvalue weighted by molar-refractivity contribution is 6.09. The van der Waals surface area contributed by atoms with Crippen molar-refractivity contribution in [2.75, 3.05) is 32.6 Å². The molecule has 2 heterocycles. The number of aliphatic hydroxyl groups is 1. The number of hydrazone groups is 1. The zero-order valence-corrected chi connectivity index (χ0v) is 21.9. The number of hydrogen-bond donors (Lipinski definition) is 2. The van der Waals surface area contributed by atoms with Crippen LogP contribution in [0, 0.1) is 11.8 Å². The maximum Gasteiger partial charge on any atom is 0.308 e. The molecule has 6 rings (SSSR count). The molecule has 0 spiro atoms. The van der Waals surface area contributed by atoms with Gasteiger partial charge in [0, 0.05) is 38.4 Å². The van der Waals surface area contributed by atoms with Gasteiger partial charge in [0.1, 0.15) is 6.29 Å². The molecule has 0 unspecified atom stereocenters. The van der Waals surface area contributed by atoms with E-state index in [1.807, 2.05) is 12.1 Å². The molecule has 3 atom stereocenters. The number of ether oxygens (including phenoxy) is 4. The van der Waals surface area contributed by atoms with Crippen LogP contribution in [0.25, 0.3) is 0 Å². The zero-order chi connectivity index (χ0) is 27.3. The summed E-state index contributed by atoms with van der Waals surface area (Å²) in [7, 11) is 2.99. The molecule has 0 saturated carbocycles. The van der Waals surface area contributed by atoms with Crippen molar-refractivity contribution in [2.24, 2.45) is 16.9 Å². The van der Waals surface area contributed by atoms with E-state index < -0.39 is 23.7 Å². The van der Waals surface area contributed by atoms with Gasteiger partial charge in [0.05, 0.1) is 44.7 Å². The first kappa shape index (κ1) is 29.5. The lowest BCUT2D eigenvalue weighted by Crippen LogP contribution is -2.41. The number of methoxy groups -OCH3 is 2. The minimum atomic E-state index is -0.973. The fourth-order valence-corrected chi connectivity index (χ4v) is 5.87. The van der Waals surface area contributed by atoms with Gasteiger partial charge in [0.15, 0.2) is 23.0 Å². The number of carbonyl (C=O) groups is 2. The van der Waals surface area contributed by atoms with Gasteiger partial charge in [0.2, 0.25) is 6.79 Å². The van der Waals surface area contributed by atoms with Crippen LogP contribution < -0.4 is 24.0 Å². The Morgan fingerprint density at radius 2 is 1.83 bits per heavy atom. The number of hydrogen-bond acceptors (Lipinski definition) is 9. The first-order valence-corrected chi connectivity index (χ1v) is 12.4. The van der Waals surface area contributed by atoms with E-state index in [1.165, 1.54) is 14.2 Å². The van der Waals surface area contributed by atoms with Gasteiger partial charge >= 0.3 is 5.97 Å². The molecule has 10 nitrogen and oxygen atoms in total. The van der Waals surface area contributed by atoms with Gasteiger partial charge in [0.25, 0.3) is 0 Å². The number of carboxylic acids is 1. The van der Waals surface area contributed by atoms with Gasteiger partial charge in [-0.3, -0.25) is 14.6 Å². The number of fused-ring (bicyclic) bond motifs is 4. The van der Waals surface area contributed by atoms with Crippen LogP contribution in [-0.2, 0) is 11.4 Å². The topological polar surface area (TPSA) is 127 Å². The average Bonchev–Trinajstić information content (AvgIpc) is 3.61. The molecule has 1 aliphatic carbocycles. The number of carbonyl (C=O) groups excluding carboxylic acids is 1. The number of benzene rings is 3. The van der Waals surface area contributed by atoms with Crippen molar-refractivity contribution < 1.29 is 40.2 Å². The van der Waals surface area contributed by atoms with Gasteiger partial charge in [-0.2, -0.15) is 5.10 Å². The molecule has 41 heavy (non-hydrogen) atoms. The van der Waals surface area contributed by atoms with Gasteiger partial charge in [-0.05, 0) is 59.7 Å². The molecule has 3 aliphatic rings. The molecule has 0 saturated heterocycles. The third-order valence-electron chi connectivity index (χ3n) is 7.62. The average molecular weight is 560 g/mol. The van der Waals surface area contributed by atoms with Crippen molar-refractivity contribution in [1.82, 2.24) is 0 Å². The van der Waals surface area contributed by atoms with Crippen molar-refractivity contribution in [3.63, 3.8) is 0 Å². The Hall–Kier alpha value is -4.51. The van der Waals surface area contributed by atoms with Crippen molar-refractivity contribution in [2.45, 2.75) is 20.0 Å². The second kappa shape index (κ2) is 11.5. The smallest absolute Gasteiger partial charge is 0.308 e. The summed E-state index contributed by atoms with van der Waals surface area (Å²) in [6.45, 7) is 0.0885. The fourth-order valence-electron chi connectivity index (χ4n) is 5.87. The first-order valence-electron chi connectivity index (χ1n) is 12.4. The lowest BCUT2D eigenvalue weighted by molar-refractivity contribution is -0.143. The summed E-state index contributed by atoms with van der Waals surface area (Å²) in [4.78, 5) is 24.1. The normalized spacial score (nSPS) is 19.6. The third-order valence-corrected chi connectivity index (χ3v) is 7.62. The standard InChI is InChI=1S/C29H26N2O8.CH4.B.H2/c1-36-24-8-16(7-17(13-33)28(24)37-2)25-19-9-22-23(39-14-38-22)10-20(19)27-21(26(25)29(34)35)11-31(30-27)18-5-3-15(12-32)4-6-18;;;/h3-10,12,21,25-26,33H,11,13-14H2,1-2H3,(H,34,35);1H4;;1H/t21-,25+,26-;;;/m0.../s1/i;;;1+1. The van der Waals surface area contributed by atoms with Gasteiger partial charge in [-0.15, -0.1) is 0 Å². The Morgan fingerprint density at radius 1 is 1.12 bits per heavy atom. The third kappa shape index (κ3) is 4.76. The molecule has 2 aliphatic heterocycles. The Kier molecular flexibility index (Phi) is 8.30. The summed E-state index contributed by atoms with van der Waals surface area (Å²) in [5, 5.41) is 27.4. The van der Waals surface area contributed by atoms with Crippen LogP contribution in [0.5, 0.6) is 23.0 Å². The summed E-state index contributed by atoms with van der Waals surface area (Å²) < 4.78 is 22.4. The van der Waals surface area contributed by atoms with E-state index in [9.17, 15) is 19.8 Å². The largest absolute Gasteiger partial charge is 0.493 e. The Labute approximate surface area is 241 Å². The van der Waals surface area contributed by atoms with E-state index in [4.69, 9.17) is 24.0 Å². The molecule has 213 valence electrons. The predicted octanol–water partition coefficient (Wildman–Crippen LogP) is 3.93. The fraction of sp³-hybridized carbons (Fsp3) is 0.300. The lowest BCUT2D eigenvalue weighted by Gasteiger charge is -2.36. The number of anilines is 1. The minimum Gasteiger partial charge on any atom is -0.493 e. The highest BCUT2D eigenvalue weighted by Crippen LogP contribution is 2.51. The van der Waals surface area contributed by atoms with Crippen molar-refractivity contribution in [3.8, 4) is 23.0 Å². The quantitative estimate of drug-likeness (QED) is 0.327. The Bertz CT molecular complexity index is 1490. The molecule has 3 aromatic rings. The van der Waals surface area contributed by atoms with Crippen molar-refractivity contribution in [3.05, 3.63) is 76.3 Å². The van der Waals surface area contributed by atoms with E-state index in [-0.39, 0.29) is 30.7 Å². The molecule has 11 heteroatoms. The van der Waals surface area contributed by atoms with Crippen LogP contribution in [0.2, 0.25) is 0 Å². The highest BCUT2D eigenvalue weighted by atomic mass is 16.7. The van der Waals surface area contributed by atoms with E-state index in [0.717, 1.165) is 23.1 Å². The van der Waals surface area contributed by atoms with Crippen molar-refractivity contribution in [1.29, 1.82) is 0 Å². The van der Waals surface area contributed by atoms with Gasteiger partial charge < -0.3 is 29.2 Å². The predicted molar refractivity (Wildman–Crippen MR) is 155 cm³/mol. The maximum atomic E-state index is 13.0. The molecule has 0 amide bonds. The second-order valence-corrected chi connectivity index (χ2v) is 9.59. The van der Waals surface area contributed by atoms with Crippen LogP contribution in [0.1, 0.15) is 47.4 Å². The minimum absolute atomic E-state index is 0. The van der Waals surface area contributed by atoms with Gasteiger partial charge in [-0.1, -0.05) is 7.43 Å². The summed E-state index contributed by atoms with van der Waals surface area (Å²) >= 11 is 0. The molecular formula is C30H32BN2O8. The van der Waals surface area contributed by atoms with Crippen LogP contribution in [0.4, 0.5) is 5.69 Å². The number of aliphatic hydroxyl groups excluding tert-OH is 1. The monoisotopic (exact) mass is 560 g/mol. The van der Waals surface area contributed by atoms with Crippen molar-refractivity contribution >= 4 is 32.1 Å². The zero-order valence-electron chi connectivity index (χ0n) is 21.9. The summed E-state index contributed by atoms with van der Waals surface area (Å²) in [5.41, 5.74) is 4.60. The maximum absolute atomic E-state index is 13.0. The first-order chi connectivity index (χ1) is 19.0. The summed E-state index contributed by atoms with van der Waals surface area (Å²) in [6.07, 6.45) is 0.771. The molecule has 2 N–H and O–H groups in total. The molecule has 0 aromatic heterocycles. The van der Waals surface area contributed by atoms with E-state index >= 15 is 0 Å². The van der Waals surface area contributed by atoms with Crippen LogP contribution in [0.15, 0.2) is 53.6 Å². The molecule has 3 aromatic carbocycles. The number of carboxylic acid groups (broad SMARTS) is 1. The molecule has 3 radical (unpaired) electrons. The Balaban J connectivity index is 0.00000161. The van der Waals surface area contributed by atoms with Crippen LogP contribution in [0.3, 0.4) is 0 Å². The molecule has 0 bridgehead atoms. The van der Waals surface area contributed by atoms with E-state index in [1.54, 1.807) is 41.4 Å². The summed E-state index contributed by atoms with van der Waals surface area (Å²) in [5.74, 6) is -1.04. The van der Waals surface area contributed by atoms with E-state index in [2.05, 4.69) is 0 Å². The van der Waals surface area contributed by atoms with E-state index in [0.29, 0.717) is 51.9 Å². The van der Waals surface area contributed by atoms with Crippen LogP contribution >= 0.6 is 0 Å². The van der Waals surface area contributed by atoms with Gasteiger partial charge in [-0.25, -0.2) is 0 Å². The number of aliphatic carboxylic acids is 1. The Morgan fingerprint density at radius 3 is 2.44 bits per heavy atom. The number of nitrogens with zero attached hydrogens (tertiary/aromatic N) is 2. The number of rotatable bonds is 7. The SMILES string of the molecule is C.COc1cc([C@@H]2c3cc4c(cc3C3=NN(c5ccc(C=O)cc5)C[C@H]3[C@@H]2C(=O)O)OCO4)cc(CO)c1OC.[2HH].[B]. The second-order valence-electron chi connectivity index (χ2n) is 9.59. The number of aldehydes is 1. The highest BCUT2D eigenvalue weighted by Gasteiger charge is 2.49. The van der Waals surface area contributed by atoms with Crippen LogP contribution in [-0.4, -0.2) is 64.2 Å². The lowest BCUT2D eigenvalue weighted by atomic mass is 9.65. The summed E-state index contributed by atoms with van der Waals surface area (Å²) in [6, 6.07) is 14.2. The molecular weight excluding hydrogens is 527 g/mol. The molecule has 0 fully saturated rings.